The van der Waals surface area contributed by atoms with Gasteiger partial charge in [-0.3, -0.25) is 0 Å². The average Bonchev–Trinajstić information content (AvgIpc) is 2.29. The van der Waals surface area contributed by atoms with Crippen molar-refractivity contribution in [3.63, 3.8) is 0 Å². The van der Waals surface area contributed by atoms with Crippen LogP contribution in [0.15, 0.2) is 24.3 Å². The van der Waals surface area contributed by atoms with Gasteiger partial charge in [-0.25, -0.2) is 4.79 Å². The number of benzene rings is 1. The molecule has 0 aliphatic rings. The van der Waals surface area contributed by atoms with Crippen LogP contribution < -0.4 is 4.74 Å². The van der Waals surface area contributed by atoms with Crippen LogP contribution in [0.2, 0.25) is 0 Å². The van der Waals surface area contributed by atoms with E-state index in [4.69, 9.17) is 14.6 Å². The van der Waals surface area contributed by atoms with Crippen LogP contribution in [-0.2, 0) is 4.74 Å². The van der Waals surface area contributed by atoms with Crippen molar-refractivity contribution in [3.05, 3.63) is 29.8 Å². The topological polar surface area (TPSA) is 55.8 Å². The lowest BCUT2D eigenvalue weighted by Crippen LogP contribution is -2.06. The standard InChI is InChI=1S/C12H16O4/c1-2-15-8-5-9-16-11-7-4-3-6-10(11)12(13)14/h3-4,6-7H,2,5,8-9H2,1H3,(H,13,14). The van der Waals surface area contributed by atoms with Crippen molar-refractivity contribution in [1.82, 2.24) is 0 Å². The molecule has 16 heavy (non-hydrogen) atoms. The smallest absolute Gasteiger partial charge is 0.339 e. The van der Waals surface area contributed by atoms with Gasteiger partial charge in [0.25, 0.3) is 0 Å². The summed E-state index contributed by atoms with van der Waals surface area (Å²) in [4.78, 5) is 10.9. The Labute approximate surface area is 94.8 Å². The summed E-state index contributed by atoms with van der Waals surface area (Å²) in [6.07, 6.45) is 0.752. The monoisotopic (exact) mass is 224 g/mol. The molecule has 0 fully saturated rings. The van der Waals surface area contributed by atoms with Gasteiger partial charge in [0, 0.05) is 19.6 Å². The second kappa shape index (κ2) is 6.85. The van der Waals surface area contributed by atoms with Crippen molar-refractivity contribution < 1.29 is 19.4 Å². The fourth-order valence-electron chi connectivity index (χ4n) is 1.26. The normalized spacial score (nSPS) is 10.1. The Bertz CT molecular complexity index is 336. The van der Waals surface area contributed by atoms with Crippen molar-refractivity contribution >= 4 is 5.97 Å². The molecule has 88 valence electrons. The molecular weight excluding hydrogens is 208 g/mol. The first-order valence-electron chi connectivity index (χ1n) is 5.28. The maximum atomic E-state index is 10.9. The van der Waals surface area contributed by atoms with Gasteiger partial charge in [0.05, 0.1) is 6.61 Å². The zero-order valence-electron chi connectivity index (χ0n) is 9.31. The summed E-state index contributed by atoms with van der Waals surface area (Å²) >= 11 is 0. The maximum absolute atomic E-state index is 10.9. The van der Waals surface area contributed by atoms with E-state index < -0.39 is 5.97 Å². The highest BCUT2D eigenvalue weighted by Crippen LogP contribution is 2.17. The molecule has 1 N–H and O–H groups in total. The summed E-state index contributed by atoms with van der Waals surface area (Å²) < 4.78 is 10.5. The Morgan fingerprint density at radius 2 is 2.06 bits per heavy atom. The summed E-state index contributed by atoms with van der Waals surface area (Å²) in [5.74, 6) is -0.563. The number of para-hydroxylation sites is 1. The van der Waals surface area contributed by atoms with E-state index in [2.05, 4.69) is 0 Å². The van der Waals surface area contributed by atoms with E-state index in [0.29, 0.717) is 25.6 Å². The molecule has 0 atom stereocenters. The highest BCUT2D eigenvalue weighted by molar-refractivity contribution is 5.90. The van der Waals surface area contributed by atoms with E-state index in [1.807, 2.05) is 6.92 Å². The zero-order valence-corrected chi connectivity index (χ0v) is 9.31. The predicted molar refractivity (Wildman–Crippen MR) is 60.0 cm³/mol. The number of aromatic carboxylic acids is 1. The van der Waals surface area contributed by atoms with Gasteiger partial charge in [-0.05, 0) is 19.1 Å². The Hall–Kier alpha value is -1.55. The number of carboxylic acid groups (broad SMARTS) is 1. The lowest BCUT2D eigenvalue weighted by molar-refractivity contribution is 0.0691. The Morgan fingerprint density at radius 3 is 2.75 bits per heavy atom. The molecule has 0 saturated carbocycles. The van der Waals surface area contributed by atoms with Gasteiger partial charge in [-0.1, -0.05) is 12.1 Å². The van der Waals surface area contributed by atoms with Crippen molar-refractivity contribution in [1.29, 1.82) is 0 Å². The Kier molecular flexibility index (Phi) is 5.36. The van der Waals surface area contributed by atoms with E-state index >= 15 is 0 Å². The van der Waals surface area contributed by atoms with Gasteiger partial charge in [0.2, 0.25) is 0 Å². The fourth-order valence-corrected chi connectivity index (χ4v) is 1.26. The summed E-state index contributed by atoms with van der Waals surface area (Å²) in [6, 6.07) is 6.62. The molecule has 0 unspecified atom stereocenters. The third-order valence-corrected chi connectivity index (χ3v) is 2.01. The summed E-state index contributed by atoms with van der Waals surface area (Å²) in [6.45, 7) is 3.71. The van der Waals surface area contributed by atoms with E-state index in [9.17, 15) is 4.79 Å². The highest BCUT2D eigenvalue weighted by Gasteiger charge is 2.09. The summed E-state index contributed by atoms with van der Waals surface area (Å²) in [5, 5.41) is 8.90. The van der Waals surface area contributed by atoms with E-state index in [1.165, 1.54) is 6.07 Å². The molecule has 0 radical (unpaired) electrons. The lowest BCUT2D eigenvalue weighted by atomic mass is 10.2. The Morgan fingerprint density at radius 1 is 1.31 bits per heavy atom. The number of carbonyl (C=O) groups is 1. The molecule has 4 heteroatoms. The molecule has 4 nitrogen and oxygen atoms in total. The molecule has 0 aliphatic heterocycles. The highest BCUT2D eigenvalue weighted by atomic mass is 16.5. The Balaban J connectivity index is 2.44. The molecular formula is C12H16O4. The van der Waals surface area contributed by atoms with Gasteiger partial charge < -0.3 is 14.6 Å². The van der Waals surface area contributed by atoms with Crippen molar-refractivity contribution in [2.24, 2.45) is 0 Å². The average molecular weight is 224 g/mol. The fraction of sp³-hybridized carbons (Fsp3) is 0.417. The summed E-state index contributed by atoms with van der Waals surface area (Å²) in [5.41, 5.74) is 0.193. The molecule has 0 saturated heterocycles. The molecule has 1 rings (SSSR count). The van der Waals surface area contributed by atoms with Gasteiger partial charge >= 0.3 is 5.97 Å². The van der Waals surface area contributed by atoms with Crippen LogP contribution in [0, 0.1) is 0 Å². The van der Waals surface area contributed by atoms with Crippen LogP contribution in [-0.4, -0.2) is 30.9 Å². The minimum atomic E-state index is -0.972. The number of hydrogen-bond donors (Lipinski definition) is 1. The largest absolute Gasteiger partial charge is 0.493 e. The molecule has 0 bridgehead atoms. The number of rotatable bonds is 7. The first-order valence-corrected chi connectivity index (χ1v) is 5.28. The molecule has 0 aromatic heterocycles. The number of hydrogen-bond acceptors (Lipinski definition) is 3. The molecule has 0 spiro atoms. The van der Waals surface area contributed by atoms with Crippen molar-refractivity contribution in [2.45, 2.75) is 13.3 Å². The third-order valence-electron chi connectivity index (χ3n) is 2.01. The van der Waals surface area contributed by atoms with Crippen LogP contribution in [0.5, 0.6) is 5.75 Å². The second-order valence-electron chi connectivity index (χ2n) is 3.20. The first-order chi connectivity index (χ1) is 7.75. The van der Waals surface area contributed by atoms with Gasteiger partial charge in [0.1, 0.15) is 11.3 Å². The zero-order chi connectivity index (χ0) is 11.8. The predicted octanol–water partition coefficient (Wildman–Crippen LogP) is 2.19. The van der Waals surface area contributed by atoms with E-state index in [1.54, 1.807) is 18.2 Å². The van der Waals surface area contributed by atoms with E-state index in [0.717, 1.165) is 6.42 Å². The van der Waals surface area contributed by atoms with Crippen molar-refractivity contribution in [3.8, 4) is 5.75 Å². The number of carboxylic acids is 1. The molecule has 1 aromatic carbocycles. The van der Waals surface area contributed by atoms with Crippen LogP contribution in [0.4, 0.5) is 0 Å². The maximum Gasteiger partial charge on any atom is 0.339 e. The third kappa shape index (κ3) is 3.90. The quantitative estimate of drug-likeness (QED) is 0.721. The molecule has 1 aromatic rings. The van der Waals surface area contributed by atoms with Crippen molar-refractivity contribution in [2.75, 3.05) is 19.8 Å². The van der Waals surface area contributed by atoms with E-state index in [-0.39, 0.29) is 5.56 Å². The minimum Gasteiger partial charge on any atom is -0.493 e. The first kappa shape index (κ1) is 12.5. The molecule has 0 aliphatic carbocycles. The lowest BCUT2D eigenvalue weighted by Gasteiger charge is -2.08. The summed E-state index contributed by atoms with van der Waals surface area (Å²) in [7, 11) is 0. The van der Waals surface area contributed by atoms with Gasteiger partial charge in [-0.2, -0.15) is 0 Å². The SMILES string of the molecule is CCOCCCOc1ccccc1C(=O)O. The van der Waals surface area contributed by atoms with Gasteiger partial charge in [0.15, 0.2) is 0 Å². The van der Waals surface area contributed by atoms with Crippen LogP contribution in [0.3, 0.4) is 0 Å². The number of ether oxygens (including phenoxy) is 2. The minimum absolute atomic E-state index is 0.193. The molecule has 0 heterocycles. The molecule has 0 amide bonds. The van der Waals surface area contributed by atoms with Crippen LogP contribution in [0.25, 0.3) is 0 Å². The second-order valence-corrected chi connectivity index (χ2v) is 3.20. The van der Waals surface area contributed by atoms with Crippen LogP contribution in [0.1, 0.15) is 23.7 Å². The van der Waals surface area contributed by atoms with Crippen LogP contribution >= 0.6 is 0 Å². The van der Waals surface area contributed by atoms with Gasteiger partial charge in [-0.15, -0.1) is 0 Å².